The Kier molecular flexibility index (Phi) is 3.70. The van der Waals surface area contributed by atoms with Crippen LogP contribution in [0.2, 0.25) is 0 Å². The first-order valence-electron chi connectivity index (χ1n) is 5.42. The Bertz CT molecular complexity index is 390. The molecule has 0 aromatic heterocycles. The largest absolute Gasteiger partial charge is 0.460 e. The van der Waals surface area contributed by atoms with E-state index in [0.29, 0.717) is 5.57 Å². The van der Waals surface area contributed by atoms with Crippen LogP contribution in [0.5, 0.6) is 0 Å². The molecule has 17 heavy (non-hydrogen) atoms. The summed E-state index contributed by atoms with van der Waals surface area (Å²) in [7, 11) is 1.43. The highest BCUT2D eigenvalue weighted by Gasteiger charge is 2.30. The lowest BCUT2D eigenvalue weighted by Crippen LogP contribution is -2.24. The van der Waals surface area contributed by atoms with E-state index in [-0.39, 0.29) is 24.7 Å². The van der Waals surface area contributed by atoms with Crippen LogP contribution in [0.3, 0.4) is 0 Å². The number of likely N-dealkylation sites (tertiary alicyclic amines) is 1. The molecule has 1 saturated heterocycles. The second-order valence-corrected chi connectivity index (χ2v) is 4.95. The minimum Gasteiger partial charge on any atom is -0.460 e. The molecule has 5 heteroatoms. The lowest BCUT2D eigenvalue weighted by Gasteiger charge is -2.18. The van der Waals surface area contributed by atoms with Crippen molar-refractivity contribution in [2.24, 2.45) is 0 Å². The van der Waals surface area contributed by atoms with Gasteiger partial charge in [-0.1, -0.05) is 6.08 Å². The van der Waals surface area contributed by atoms with Crippen molar-refractivity contribution in [1.82, 2.24) is 4.90 Å². The van der Waals surface area contributed by atoms with E-state index >= 15 is 0 Å². The number of nitrogens with zero attached hydrogens (tertiary/aromatic N) is 1. The summed E-state index contributed by atoms with van der Waals surface area (Å²) in [4.78, 5) is 35.2. The molecule has 1 heterocycles. The van der Waals surface area contributed by atoms with Crippen molar-refractivity contribution >= 4 is 17.8 Å². The van der Waals surface area contributed by atoms with E-state index in [9.17, 15) is 14.4 Å². The average molecular weight is 239 g/mol. The number of likely N-dealkylation sites (N-methyl/N-ethyl adjacent to an activating group) is 1. The highest BCUT2D eigenvalue weighted by atomic mass is 16.6. The molecule has 0 aromatic rings. The Morgan fingerprint density at radius 2 is 2.00 bits per heavy atom. The average Bonchev–Trinajstić information content (AvgIpc) is 2.40. The van der Waals surface area contributed by atoms with Crippen molar-refractivity contribution in [3.63, 3.8) is 0 Å². The van der Waals surface area contributed by atoms with E-state index in [1.54, 1.807) is 20.8 Å². The quantitative estimate of drug-likeness (QED) is 0.410. The topological polar surface area (TPSA) is 63.7 Å². The zero-order valence-electron chi connectivity index (χ0n) is 10.6. The van der Waals surface area contributed by atoms with Crippen LogP contribution >= 0.6 is 0 Å². The maximum Gasteiger partial charge on any atom is 0.310 e. The monoisotopic (exact) mass is 239 g/mol. The number of hydrogen-bond acceptors (Lipinski definition) is 4. The molecule has 1 fully saturated rings. The second kappa shape index (κ2) is 4.69. The van der Waals surface area contributed by atoms with E-state index < -0.39 is 11.6 Å². The normalized spacial score (nSPS) is 19.1. The van der Waals surface area contributed by atoms with Crippen LogP contribution in [0.1, 0.15) is 33.6 Å². The fraction of sp³-hybridized carbons (Fsp3) is 0.583. The summed E-state index contributed by atoms with van der Waals surface area (Å²) >= 11 is 0. The molecular weight excluding hydrogens is 222 g/mol. The number of imide groups is 1. The van der Waals surface area contributed by atoms with Gasteiger partial charge < -0.3 is 4.74 Å². The molecular formula is C12H17NO4. The Morgan fingerprint density at radius 3 is 2.41 bits per heavy atom. The van der Waals surface area contributed by atoms with Crippen LogP contribution in [-0.4, -0.2) is 35.3 Å². The van der Waals surface area contributed by atoms with E-state index in [0.717, 1.165) is 4.90 Å². The number of amides is 2. The first-order chi connectivity index (χ1) is 7.70. The maximum absolute atomic E-state index is 11.5. The molecule has 1 aliphatic heterocycles. The summed E-state index contributed by atoms with van der Waals surface area (Å²) in [6, 6.07) is 0. The third kappa shape index (κ3) is 3.69. The minimum atomic E-state index is -0.540. The zero-order valence-corrected chi connectivity index (χ0v) is 10.6. The smallest absolute Gasteiger partial charge is 0.310 e. The van der Waals surface area contributed by atoms with Gasteiger partial charge in [-0.15, -0.1) is 0 Å². The summed E-state index contributed by atoms with van der Waals surface area (Å²) in [5.74, 6) is -0.983. The summed E-state index contributed by atoms with van der Waals surface area (Å²) < 4.78 is 5.09. The van der Waals surface area contributed by atoms with E-state index in [1.807, 2.05) is 0 Å². The predicted molar refractivity (Wildman–Crippen MR) is 60.9 cm³/mol. The van der Waals surface area contributed by atoms with Gasteiger partial charge in [-0.2, -0.15) is 0 Å². The van der Waals surface area contributed by atoms with E-state index in [4.69, 9.17) is 4.74 Å². The summed E-state index contributed by atoms with van der Waals surface area (Å²) in [5, 5.41) is 0. The van der Waals surface area contributed by atoms with Crippen molar-refractivity contribution in [1.29, 1.82) is 0 Å². The van der Waals surface area contributed by atoms with Crippen LogP contribution in [0.4, 0.5) is 0 Å². The fourth-order valence-electron chi connectivity index (χ4n) is 1.43. The number of esters is 1. The minimum absolute atomic E-state index is 0.0134. The lowest BCUT2D eigenvalue weighted by molar-refractivity contribution is -0.153. The molecule has 0 atom stereocenters. The van der Waals surface area contributed by atoms with Gasteiger partial charge >= 0.3 is 5.97 Å². The molecule has 0 aromatic carbocycles. The van der Waals surface area contributed by atoms with Gasteiger partial charge in [0.05, 0.1) is 12.8 Å². The van der Waals surface area contributed by atoms with Crippen LogP contribution in [0, 0.1) is 0 Å². The fourth-order valence-corrected chi connectivity index (χ4v) is 1.43. The van der Waals surface area contributed by atoms with Crippen molar-refractivity contribution in [2.75, 3.05) is 7.05 Å². The van der Waals surface area contributed by atoms with Gasteiger partial charge in [-0.05, 0) is 20.8 Å². The van der Waals surface area contributed by atoms with Crippen molar-refractivity contribution in [3.05, 3.63) is 11.6 Å². The Morgan fingerprint density at radius 1 is 1.41 bits per heavy atom. The highest BCUT2D eigenvalue weighted by molar-refractivity contribution is 6.13. The number of hydrogen-bond donors (Lipinski definition) is 0. The van der Waals surface area contributed by atoms with Crippen LogP contribution in [0.25, 0.3) is 0 Å². The van der Waals surface area contributed by atoms with Gasteiger partial charge in [-0.25, -0.2) is 0 Å². The molecule has 0 aliphatic carbocycles. The molecule has 94 valence electrons. The van der Waals surface area contributed by atoms with Crippen molar-refractivity contribution in [2.45, 2.75) is 39.2 Å². The van der Waals surface area contributed by atoms with Gasteiger partial charge in [0.25, 0.3) is 5.91 Å². The van der Waals surface area contributed by atoms with Crippen LogP contribution < -0.4 is 0 Å². The van der Waals surface area contributed by atoms with Gasteiger partial charge in [0, 0.05) is 12.6 Å². The molecule has 2 amide bonds. The Hall–Kier alpha value is -1.65. The number of carbonyl (C=O) groups excluding carboxylic acids is 3. The second-order valence-electron chi connectivity index (χ2n) is 4.95. The third-order valence-corrected chi connectivity index (χ3v) is 2.23. The molecule has 0 spiro atoms. The predicted octanol–water partition coefficient (Wildman–Crippen LogP) is 1.03. The standard InChI is InChI=1S/C12H17NO4/c1-12(2,3)17-10(15)6-5-8-7-9(14)13(4)11(8)16/h5H,6-7H2,1-4H3/b8-5+. The maximum atomic E-state index is 11.5. The number of rotatable bonds is 2. The molecule has 0 bridgehead atoms. The van der Waals surface area contributed by atoms with Gasteiger partial charge in [0.2, 0.25) is 5.91 Å². The summed E-state index contributed by atoms with van der Waals surface area (Å²) in [6.45, 7) is 5.32. The van der Waals surface area contributed by atoms with Gasteiger partial charge in [0.1, 0.15) is 5.60 Å². The number of carbonyl (C=O) groups is 3. The van der Waals surface area contributed by atoms with Gasteiger partial charge in [-0.3, -0.25) is 19.3 Å². The molecule has 0 unspecified atom stereocenters. The molecule has 0 radical (unpaired) electrons. The molecule has 0 saturated carbocycles. The molecule has 0 N–H and O–H groups in total. The summed E-state index contributed by atoms with van der Waals surface area (Å²) in [6.07, 6.45) is 1.55. The van der Waals surface area contributed by atoms with E-state index in [1.165, 1.54) is 13.1 Å². The number of ether oxygens (including phenoxy) is 1. The van der Waals surface area contributed by atoms with Crippen molar-refractivity contribution < 1.29 is 19.1 Å². The van der Waals surface area contributed by atoms with Crippen molar-refractivity contribution in [3.8, 4) is 0 Å². The molecule has 1 aliphatic rings. The first-order valence-corrected chi connectivity index (χ1v) is 5.42. The third-order valence-electron chi connectivity index (χ3n) is 2.23. The van der Waals surface area contributed by atoms with Crippen LogP contribution in [-0.2, 0) is 19.1 Å². The molecule has 1 rings (SSSR count). The van der Waals surface area contributed by atoms with Crippen LogP contribution in [0.15, 0.2) is 11.6 Å². The highest BCUT2D eigenvalue weighted by Crippen LogP contribution is 2.18. The zero-order chi connectivity index (χ0) is 13.2. The first kappa shape index (κ1) is 13.4. The SMILES string of the molecule is CN1C(=O)C/C(=C\CC(=O)OC(C)(C)C)C1=O. The van der Waals surface area contributed by atoms with E-state index in [2.05, 4.69) is 0 Å². The lowest BCUT2D eigenvalue weighted by atomic mass is 10.1. The molecule has 5 nitrogen and oxygen atoms in total. The Balaban J connectivity index is 2.58. The Labute approximate surface area is 100 Å². The van der Waals surface area contributed by atoms with Gasteiger partial charge in [0.15, 0.2) is 0 Å². The summed E-state index contributed by atoms with van der Waals surface area (Å²) in [5.41, 5.74) is -0.176.